The van der Waals surface area contributed by atoms with Gasteiger partial charge in [0.1, 0.15) is 5.82 Å². The third-order valence-corrected chi connectivity index (χ3v) is 2.75. The van der Waals surface area contributed by atoms with Crippen molar-refractivity contribution in [2.24, 2.45) is 0 Å². The highest BCUT2D eigenvalue weighted by atomic mass is 19.2. The van der Waals surface area contributed by atoms with E-state index in [2.05, 4.69) is 5.32 Å². The Morgan fingerprint density at radius 1 is 0.889 bits per heavy atom. The van der Waals surface area contributed by atoms with Crippen LogP contribution in [-0.4, -0.2) is 7.05 Å². The molecule has 0 aliphatic rings. The van der Waals surface area contributed by atoms with E-state index in [1.165, 1.54) is 18.2 Å². The molecule has 1 unspecified atom stereocenters. The van der Waals surface area contributed by atoms with Gasteiger partial charge in [0, 0.05) is 0 Å². The zero-order valence-electron chi connectivity index (χ0n) is 9.75. The molecule has 2 aromatic rings. The molecular weight excluding hydrogens is 239 g/mol. The Labute approximate surface area is 103 Å². The Balaban J connectivity index is 2.42. The highest BCUT2D eigenvalue weighted by Crippen LogP contribution is 2.23. The van der Waals surface area contributed by atoms with Gasteiger partial charge in [0.15, 0.2) is 11.6 Å². The summed E-state index contributed by atoms with van der Waals surface area (Å²) in [6.45, 7) is 0. The lowest BCUT2D eigenvalue weighted by atomic mass is 9.98. The molecule has 0 saturated heterocycles. The van der Waals surface area contributed by atoms with Crippen LogP contribution in [0.2, 0.25) is 0 Å². The third kappa shape index (κ3) is 2.54. The van der Waals surface area contributed by atoms with E-state index in [9.17, 15) is 13.2 Å². The topological polar surface area (TPSA) is 12.0 Å². The van der Waals surface area contributed by atoms with Crippen LogP contribution in [0, 0.1) is 17.5 Å². The Kier molecular flexibility index (Phi) is 3.67. The molecule has 0 radical (unpaired) electrons. The van der Waals surface area contributed by atoms with Crippen molar-refractivity contribution in [2.45, 2.75) is 6.04 Å². The summed E-state index contributed by atoms with van der Waals surface area (Å²) in [6, 6.07) is 9.28. The van der Waals surface area contributed by atoms with E-state index >= 15 is 0 Å². The predicted octanol–water partition coefficient (Wildman–Crippen LogP) is 3.41. The number of benzene rings is 2. The number of halogens is 3. The normalized spacial score (nSPS) is 12.4. The molecule has 2 rings (SSSR count). The van der Waals surface area contributed by atoms with Crippen LogP contribution in [-0.2, 0) is 0 Å². The zero-order chi connectivity index (χ0) is 13.1. The molecule has 18 heavy (non-hydrogen) atoms. The maximum absolute atomic E-state index is 13.2. The van der Waals surface area contributed by atoms with Crippen molar-refractivity contribution < 1.29 is 13.2 Å². The Morgan fingerprint density at radius 3 is 2.22 bits per heavy atom. The van der Waals surface area contributed by atoms with Crippen molar-refractivity contribution in [3.05, 3.63) is 71.0 Å². The van der Waals surface area contributed by atoms with Crippen molar-refractivity contribution in [3.63, 3.8) is 0 Å². The molecule has 94 valence electrons. The van der Waals surface area contributed by atoms with Crippen LogP contribution >= 0.6 is 0 Å². The van der Waals surface area contributed by atoms with E-state index in [4.69, 9.17) is 0 Å². The average molecular weight is 251 g/mol. The highest BCUT2D eigenvalue weighted by Gasteiger charge is 2.14. The lowest BCUT2D eigenvalue weighted by Gasteiger charge is -2.17. The molecule has 4 heteroatoms. The lowest BCUT2D eigenvalue weighted by molar-refractivity contribution is 0.505. The first-order valence-electron chi connectivity index (χ1n) is 5.49. The molecule has 1 N–H and O–H groups in total. The monoisotopic (exact) mass is 251 g/mol. The van der Waals surface area contributed by atoms with Crippen molar-refractivity contribution in [2.75, 3.05) is 7.05 Å². The molecule has 0 aromatic heterocycles. The summed E-state index contributed by atoms with van der Waals surface area (Å²) in [6.07, 6.45) is 0. The minimum Gasteiger partial charge on any atom is -0.309 e. The van der Waals surface area contributed by atoms with Crippen molar-refractivity contribution in [1.82, 2.24) is 5.32 Å². The first-order chi connectivity index (χ1) is 8.61. The average Bonchev–Trinajstić information content (AvgIpc) is 2.35. The van der Waals surface area contributed by atoms with E-state index in [1.54, 1.807) is 19.2 Å². The van der Waals surface area contributed by atoms with Crippen LogP contribution in [0.3, 0.4) is 0 Å². The summed E-state index contributed by atoms with van der Waals surface area (Å²) in [5.41, 5.74) is 1.20. The fourth-order valence-electron chi connectivity index (χ4n) is 1.90. The quantitative estimate of drug-likeness (QED) is 0.881. The molecule has 0 aliphatic carbocycles. The number of hydrogen-bond acceptors (Lipinski definition) is 1. The minimum atomic E-state index is -0.913. The molecule has 0 heterocycles. The molecule has 0 saturated carbocycles. The number of rotatable bonds is 3. The van der Waals surface area contributed by atoms with Gasteiger partial charge in [-0.05, 0) is 42.4 Å². The van der Waals surface area contributed by atoms with Crippen LogP contribution in [0.15, 0.2) is 42.5 Å². The van der Waals surface area contributed by atoms with E-state index < -0.39 is 11.6 Å². The maximum Gasteiger partial charge on any atom is 0.159 e. The van der Waals surface area contributed by atoms with E-state index in [1.807, 2.05) is 0 Å². The SMILES string of the molecule is CNC(c1cccc(F)c1)c1ccc(F)c(F)c1. The molecular formula is C14H12F3N. The first-order valence-corrected chi connectivity index (χ1v) is 5.49. The van der Waals surface area contributed by atoms with Crippen LogP contribution < -0.4 is 5.32 Å². The summed E-state index contributed by atoms with van der Waals surface area (Å²) in [5.74, 6) is -2.17. The van der Waals surface area contributed by atoms with Gasteiger partial charge in [-0.25, -0.2) is 13.2 Å². The standard InChI is InChI=1S/C14H12F3N/c1-18-14(9-3-2-4-11(15)7-9)10-5-6-12(16)13(17)8-10/h2-8,14,18H,1H3. The van der Waals surface area contributed by atoms with Gasteiger partial charge in [-0.15, -0.1) is 0 Å². The number of nitrogens with one attached hydrogen (secondary N) is 1. The van der Waals surface area contributed by atoms with E-state index in [0.29, 0.717) is 11.1 Å². The predicted molar refractivity (Wildman–Crippen MR) is 63.7 cm³/mol. The van der Waals surface area contributed by atoms with Gasteiger partial charge < -0.3 is 5.32 Å². The summed E-state index contributed by atoms with van der Waals surface area (Å²) in [4.78, 5) is 0. The van der Waals surface area contributed by atoms with Gasteiger partial charge in [-0.2, -0.15) is 0 Å². The first kappa shape index (κ1) is 12.6. The Bertz CT molecular complexity index is 554. The van der Waals surface area contributed by atoms with Crippen LogP contribution in [0.4, 0.5) is 13.2 Å². The third-order valence-electron chi connectivity index (χ3n) is 2.75. The second kappa shape index (κ2) is 5.23. The van der Waals surface area contributed by atoms with Crippen LogP contribution in [0.25, 0.3) is 0 Å². The fourth-order valence-corrected chi connectivity index (χ4v) is 1.90. The van der Waals surface area contributed by atoms with Gasteiger partial charge in [-0.1, -0.05) is 18.2 Å². The molecule has 2 aromatic carbocycles. The summed E-state index contributed by atoms with van der Waals surface area (Å²) >= 11 is 0. The molecule has 0 fully saturated rings. The molecule has 0 bridgehead atoms. The molecule has 0 spiro atoms. The minimum absolute atomic E-state index is 0.365. The van der Waals surface area contributed by atoms with Crippen molar-refractivity contribution >= 4 is 0 Å². The molecule has 0 aliphatic heterocycles. The highest BCUT2D eigenvalue weighted by molar-refractivity contribution is 5.32. The number of hydrogen-bond donors (Lipinski definition) is 1. The molecule has 0 amide bonds. The van der Waals surface area contributed by atoms with Gasteiger partial charge in [0.25, 0.3) is 0 Å². The van der Waals surface area contributed by atoms with Crippen molar-refractivity contribution in [1.29, 1.82) is 0 Å². The molecule has 1 nitrogen and oxygen atoms in total. The van der Waals surface area contributed by atoms with Gasteiger partial charge in [0.2, 0.25) is 0 Å². The van der Waals surface area contributed by atoms with Gasteiger partial charge >= 0.3 is 0 Å². The lowest BCUT2D eigenvalue weighted by Crippen LogP contribution is -2.18. The summed E-state index contributed by atoms with van der Waals surface area (Å²) < 4.78 is 39.2. The Morgan fingerprint density at radius 2 is 1.61 bits per heavy atom. The van der Waals surface area contributed by atoms with Crippen molar-refractivity contribution in [3.8, 4) is 0 Å². The van der Waals surface area contributed by atoms with Gasteiger partial charge in [0.05, 0.1) is 6.04 Å². The van der Waals surface area contributed by atoms with Gasteiger partial charge in [-0.3, -0.25) is 0 Å². The summed E-state index contributed by atoms with van der Waals surface area (Å²) in [5, 5.41) is 2.95. The Hall–Kier alpha value is -1.81. The largest absolute Gasteiger partial charge is 0.309 e. The smallest absolute Gasteiger partial charge is 0.159 e. The van der Waals surface area contributed by atoms with E-state index in [-0.39, 0.29) is 11.9 Å². The molecule has 1 atom stereocenters. The van der Waals surface area contributed by atoms with Crippen LogP contribution in [0.1, 0.15) is 17.2 Å². The summed E-state index contributed by atoms with van der Waals surface area (Å²) in [7, 11) is 1.68. The zero-order valence-corrected chi connectivity index (χ0v) is 9.75. The fraction of sp³-hybridized carbons (Fsp3) is 0.143. The maximum atomic E-state index is 13.2. The van der Waals surface area contributed by atoms with E-state index in [0.717, 1.165) is 12.1 Å². The van der Waals surface area contributed by atoms with Crippen LogP contribution in [0.5, 0.6) is 0 Å². The second-order valence-corrected chi connectivity index (χ2v) is 3.95. The second-order valence-electron chi connectivity index (χ2n) is 3.95.